The van der Waals surface area contributed by atoms with E-state index < -0.39 is 0 Å². The molecule has 2 aromatic rings. The third-order valence-electron chi connectivity index (χ3n) is 5.45. The van der Waals surface area contributed by atoms with Gasteiger partial charge in [0.25, 0.3) is 0 Å². The molecule has 25 heavy (non-hydrogen) atoms. The fourth-order valence-corrected chi connectivity index (χ4v) is 4.01. The van der Waals surface area contributed by atoms with Crippen molar-refractivity contribution in [1.82, 2.24) is 14.9 Å². The van der Waals surface area contributed by atoms with Gasteiger partial charge in [0.2, 0.25) is 5.91 Å². The van der Waals surface area contributed by atoms with Gasteiger partial charge < -0.3 is 4.90 Å². The summed E-state index contributed by atoms with van der Waals surface area (Å²) in [5, 5.41) is 0. The quantitative estimate of drug-likeness (QED) is 0.845. The van der Waals surface area contributed by atoms with Crippen LogP contribution in [0.15, 0.2) is 30.5 Å². The predicted molar refractivity (Wildman–Crippen MR) is 97.4 cm³/mol. The highest BCUT2D eigenvalue weighted by Gasteiger charge is 2.36. The van der Waals surface area contributed by atoms with Crippen LogP contribution < -0.4 is 4.90 Å². The first-order valence-electron chi connectivity index (χ1n) is 9.01. The lowest BCUT2D eigenvalue weighted by Crippen LogP contribution is -2.50. The zero-order valence-corrected chi connectivity index (χ0v) is 15.1. The molecule has 5 heteroatoms. The fourth-order valence-electron chi connectivity index (χ4n) is 4.01. The molecule has 5 nitrogen and oxygen atoms in total. The van der Waals surface area contributed by atoms with Gasteiger partial charge in [0, 0.05) is 31.0 Å². The molecule has 0 unspecified atom stereocenters. The van der Waals surface area contributed by atoms with Crippen molar-refractivity contribution < 1.29 is 4.79 Å². The molecule has 2 atom stereocenters. The first kappa shape index (κ1) is 16.2. The fraction of sp³-hybridized carbons (Fsp3) is 0.450. The van der Waals surface area contributed by atoms with Crippen molar-refractivity contribution >= 4 is 11.6 Å². The summed E-state index contributed by atoms with van der Waals surface area (Å²) in [5.74, 6) is 0.980. The third kappa shape index (κ3) is 2.82. The molecule has 2 aliphatic rings. The van der Waals surface area contributed by atoms with Crippen molar-refractivity contribution in [2.45, 2.75) is 52.2 Å². The average molecular weight is 336 g/mol. The Labute approximate surface area is 148 Å². The summed E-state index contributed by atoms with van der Waals surface area (Å²) in [6.45, 7) is 7.66. The summed E-state index contributed by atoms with van der Waals surface area (Å²) in [4.78, 5) is 26.3. The number of aryl methyl sites for hydroxylation is 1. The minimum absolute atomic E-state index is 0.156. The maximum atomic E-state index is 13.2. The summed E-state index contributed by atoms with van der Waals surface area (Å²) in [5.41, 5.74) is 4.61. The molecule has 0 spiro atoms. The van der Waals surface area contributed by atoms with Crippen molar-refractivity contribution in [2.24, 2.45) is 0 Å². The molecule has 0 N–H and O–H groups in total. The standard InChI is InChI=1S/C20H24N4O/c1-13-10-16-6-4-5-7-19(16)24(13)20(25)14(2)23-9-8-17-11-21-15(3)22-18(17)12-23/h4-7,11,13-14H,8-10,12H2,1-3H3/t13-,14+/m0/s1. The molecule has 3 heterocycles. The summed E-state index contributed by atoms with van der Waals surface area (Å²) in [7, 11) is 0. The Morgan fingerprint density at radius 3 is 2.92 bits per heavy atom. The van der Waals surface area contributed by atoms with E-state index in [4.69, 9.17) is 0 Å². The Bertz CT molecular complexity index is 819. The second kappa shape index (κ2) is 6.23. The molecule has 0 bridgehead atoms. The first-order valence-corrected chi connectivity index (χ1v) is 9.01. The minimum Gasteiger partial charge on any atom is -0.308 e. The minimum atomic E-state index is -0.156. The van der Waals surface area contributed by atoms with Crippen LogP contribution >= 0.6 is 0 Å². The van der Waals surface area contributed by atoms with Crippen LogP contribution in [0.3, 0.4) is 0 Å². The Morgan fingerprint density at radius 1 is 1.28 bits per heavy atom. The lowest BCUT2D eigenvalue weighted by Gasteiger charge is -2.35. The molecule has 0 radical (unpaired) electrons. The van der Waals surface area contributed by atoms with Crippen molar-refractivity contribution in [3.8, 4) is 0 Å². The molecular formula is C20H24N4O. The molecule has 2 aliphatic heterocycles. The van der Waals surface area contributed by atoms with E-state index in [1.807, 2.05) is 37.1 Å². The van der Waals surface area contributed by atoms with E-state index in [1.165, 1.54) is 11.1 Å². The number of aromatic nitrogens is 2. The van der Waals surface area contributed by atoms with Crippen LogP contribution in [-0.2, 0) is 24.2 Å². The molecule has 4 rings (SSSR count). The van der Waals surface area contributed by atoms with Gasteiger partial charge in [-0.3, -0.25) is 9.69 Å². The maximum absolute atomic E-state index is 13.2. The van der Waals surface area contributed by atoms with Gasteiger partial charge in [0.1, 0.15) is 5.82 Å². The number of nitrogens with zero attached hydrogens (tertiary/aromatic N) is 4. The summed E-state index contributed by atoms with van der Waals surface area (Å²) in [6.07, 6.45) is 3.77. The molecular weight excluding hydrogens is 312 g/mol. The second-order valence-corrected chi connectivity index (χ2v) is 7.18. The summed E-state index contributed by atoms with van der Waals surface area (Å²) >= 11 is 0. The van der Waals surface area contributed by atoms with Crippen molar-refractivity contribution in [2.75, 3.05) is 11.4 Å². The van der Waals surface area contributed by atoms with Crippen molar-refractivity contribution in [3.05, 3.63) is 53.1 Å². The van der Waals surface area contributed by atoms with Crippen LogP contribution in [0.2, 0.25) is 0 Å². The van der Waals surface area contributed by atoms with Gasteiger partial charge in [-0.05, 0) is 50.8 Å². The number of hydrogen-bond acceptors (Lipinski definition) is 4. The Morgan fingerprint density at radius 2 is 2.08 bits per heavy atom. The van der Waals surface area contributed by atoms with Gasteiger partial charge in [0.15, 0.2) is 0 Å². The third-order valence-corrected chi connectivity index (χ3v) is 5.45. The zero-order valence-electron chi connectivity index (χ0n) is 15.1. The summed E-state index contributed by atoms with van der Waals surface area (Å²) < 4.78 is 0. The molecule has 0 fully saturated rings. The molecule has 0 saturated heterocycles. The summed E-state index contributed by atoms with van der Waals surface area (Å²) in [6, 6.07) is 8.31. The van der Waals surface area contributed by atoms with E-state index in [-0.39, 0.29) is 18.0 Å². The number of anilines is 1. The largest absolute Gasteiger partial charge is 0.308 e. The number of amides is 1. The zero-order chi connectivity index (χ0) is 17.6. The smallest absolute Gasteiger partial charge is 0.244 e. The van der Waals surface area contributed by atoms with Crippen molar-refractivity contribution in [1.29, 1.82) is 0 Å². The Hall–Kier alpha value is -2.27. The van der Waals surface area contributed by atoms with Crippen LogP contribution in [0.4, 0.5) is 5.69 Å². The lowest BCUT2D eigenvalue weighted by molar-refractivity contribution is -0.123. The second-order valence-electron chi connectivity index (χ2n) is 7.18. The number of hydrogen-bond donors (Lipinski definition) is 0. The molecule has 0 saturated carbocycles. The number of para-hydroxylation sites is 1. The lowest BCUT2D eigenvalue weighted by atomic mass is 10.0. The number of fused-ring (bicyclic) bond motifs is 2. The topological polar surface area (TPSA) is 49.3 Å². The first-order chi connectivity index (χ1) is 12.0. The number of rotatable bonds is 2. The average Bonchev–Trinajstić information content (AvgIpc) is 2.95. The van der Waals surface area contributed by atoms with Crippen LogP contribution in [0.1, 0.15) is 36.5 Å². The van der Waals surface area contributed by atoms with E-state index in [0.29, 0.717) is 0 Å². The normalized spacial score (nSPS) is 20.9. The van der Waals surface area contributed by atoms with Crippen LogP contribution in [-0.4, -0.2) is 39.4 Å². The van der Waals surface area contributed by atoms with Crippen molar-refractivity contribution in [3.63, 3.8) is 0 Å². The van der Waals surface area contributed by atoms with Gasteiger partial charge in [-0.15, -0.1) is 0 Å². The number of benzene rings is 1. The van der Waals surface area contributed by atoms with Gasteiger partial charge >= 0.3 is 0 Å². The van der Waals surface area contributed by atoms with Crippen LogP contribution in [0.25, 0.3) is 0 Å². The molecule has 1 aromatic carbocycles. The predicted octanol–water partition coefficient (Wildman–Crippen LogP) is 2.51. The van der Waals surface area contributed by atoms with Gasteiger partial charge in [-0.25, -0.2) is 9.97 Å². The van der Waals surface area contributed by atoms with Crippen LogP contribution in [0, 0.1) is 6.92 Å². The van der Waals surface area contributed by atoms with E-state index in [1.54, 1.807) is 0 Å². The van der Waals surface area contributed by atoms with Gasteiger partial charge in [0.05, 0.1) is 11.7 Å². The van der Waals surface area contributed by atoms with E-state index in [2.05, 4.69) is 33.9 Å². The highest BCUT2D eigenvalue weighted by molar-refractivity contribution is 5.99. The monoisotopic (exact) mass is 336 g/mol. The van der Waals surface area contributed by atoms with E-state index in [9.17, 15) is 4.79 Å². The molecule has 130 valence electrons. The van der Waals surface area contributed by atoms with Crippen LogP contribution in [0.5, 0.6) is 0 Å². The molecule has 1 aromatic heterocycles. The molecule has 0 aliphatic carbocycles. The van der Waals surface area contributed by atoms with E-state index >= 15 is 0 Å². The SMILES string of the molecule is Cc1ncc2c(n1)CN([C@H](C)C(=O)N1c3ccccc3C[C@@H]1C)CC2. The van der Waals surface area contributed by atoms with Gasteiger partial charge in [-0.1, -0.05) is 18.2 Å². The number of carbonyl (C=O) groups is 1. The highest BCUT2D eigenvalue weighted by atomic mass is 16.2. The molecule has 1 amide bonds. The van der Waals surface area contributed by atoms with Gasteiger partial charge in [-0.2, -0.15) is 0 Å². The highest BCUT2D eigenvalue weighted by Crippen LogP contribution is 2.33. The van der Waals surface area contributed by atoms with E-state index in [0.717, 1.165) is 43.1 Å². The number of carbonyl (C=O) groups excluding carboxylic acids is 1. The Kier molecular flexibility index (Phi) is 4.04. The Balaban J connectivity index is 1.55. The maximum Gasteiger partial charge on any atom is 0.244 e.